The first-order chi connectivity index (χ1) is 12.5. The quantitative estimate of drug-likeness (QED) is 0.816. The maximum absolute atomic E-state index is 12.2. The molecule has 0 radical (unpaired) electrons. The van der Waals surface area contributed by atoms with Crippen LogP contribution in [0.5, 0.6) is 11.5 Å². The molecule has 1 aromatic carbocycles. The van der Waals surface area contributed by atoms with Gasteiger partial charge < -0.3 is 24.6 Å². The Labute approximate surface area is 156 Å². The number of nitrogens with zero attached hydrogens (tertiary/aromatic N) is 3. The fourth-order valence-corrected chi connectivity index (χ4v) is 3.19. The van der Waals surface area contributed by atoms with Crippen LogP contribution in [0.1, 0.15) is 18.7 Å². The molecule has 0 spiro atoms. The van der Waals surface area contributed by atoms with Crippen LogP contribution >= 0.6 is 11.6 Å². The van der Waals surface area contributed by atoms with Crippen molar-refractivity contribution in [2.24, 2.45) is 5.73 Å². The van der Waals surface area contributed by atoms with Gasteiger partial charge in [0.05, 0.1) is 19.2 Å². The Balaban J connectivity index is 1.68. The summed E-state index contributed by atoms with van der Waals surface area (Å²) in [6.45, 7) is 1.32. The number of carbonyl (C=O) groups is 1. The summed E-state index contributed by atoms with van der Waals surface area (Å²) < 4.78 is 15.7. The Kier molecular flexibility index (Phi) is 5.63. The van der Waals surface area contributed by atoms with Crippen molar-refractivity contribution < 1.29 is 18.8 Å². The molecule has 1 saturated heterocycles. The number of rotatable bonds is 6. The molecule has 2 heterocycles. The molecule has 1 aliphatic heterocycles. The summed E-state index contributed by atoms with van der Waals surface area (Å²) in [7, 11) is 3.04. The van der Waals surface area contributed by atoms with Crippen LogP contribution in [0.25, 0.3) is 11.4 Å². The maximum atomic E-state index is 12.2. The molecule has 0 aliphatic carbocycles. The van der Waals surface area contributed by atoms with E-state index in [2.05, 4.69) is 10.1 Å². The number of aromatic nitrogens is 2. The van der Waals surface area contributed by atoms with Crippen LogP contribution in [0.2, 0.25) is 5.02 Å². The molecule has 1 fully saturated rings. The Hall–Kier alpha value is -2.32. The van der Waals surface area contributed by atoms with Crippen LogP contribution in [0.15, 0.2) is 16.7 Å². The maximum Gasteiger partial charge on any atom is 0.227 e. The summed E-state index contributed by atoms with van der Waals surface area (Å²) in [5.41, 5.74) is 6.47. The normalized spacial score (nSPS) is 16.8. The van der Waals surface area contributed by atoms with Gasteiger partial charge in [0.1, 0.15) is 0 Å². The molecule has 1 aliphatic rings. The second kappa shape index (κ2) is 7.92. The smallest absolute Gasteiger partial charge is 0.227 e. The third-order valence-electron chi connectivity index (χ3n) is 4.29. The highest BCUT2D eigenvalue weighted by Gasteiger charge is 2.24. The number of hydrogen-bond acceptors (Lipinski definition) is 7. The number of likely N-dealkylation sites (tertiary alicyclic amines) is 1. The van der Waals surface area contributed by atoms with E-state index in [4.69, 9.17) is 31.3 Å². The fourth-order valence-electron chi connectivity index (χ4n) is 2.91. The fraction of sp³-hybridized carbons (Fsp3) is 0.471. The van der Waals surface area contributed by atoms with E-state index in [0.717, 1.165) is 6.42 Å². The van der Waals surface area contributed by atoms with E-state index in [1.165, 1.54) is 14.2 Å². The molecule has 9 heteroatoms. The molecule has 1 unspecified atom stereocenters. The molecule has 0 saturated carbocycles. The van der Waals surface area contributed by atoms with Gasteiger partial charge in [-0.1, -0.05) is 16.8 Å². The zero-order valence-corrected chi connectivity index (χ0v) is 15.5. The minimum absolute atomic E-state index is 0.0480. The number of carbonyl (C=O) groups excluding carboxylic acids is 1. The second-order valence-corrected chi connectivity index (χ2v) is 6.50. The van der Waals surface area contributed by atoms with Gasteiger partial charge in [-0.2, -0.15) is 4.98 Å². The van der Waals surface area contributed by atoms with Crippen molar-refractivity contribution in [3.05, 3.63) is 23.0 Å². The summed E-state index contributed by atoms with van der Waals surface area (Å²) in [6.07, 6.45) is 1.52. The average Bonchev–Trinajstić information content (AvgIpc) is 3.28. The highest BCUT2D eigenvalue weighted by atomic mass is 35.5. The molecule has 140 valence electrons. The van der Waals surface area contributed by atoms with Crippen LogP contribution in [-0.4, -0.2) is 54.3 Å². The van der Waals surface area contributed by atoms with Crippen molar-refractivity contribution in [2.75, 3.05) is 27.3 Å². The first-order valence-electron chi connectivity index (χ1n) is 8.29. The topological polar surface area (TPSA) is 104 Å². The number of nitrogens with two attached hydrogens (primary N) is 1. The minimum atomic E-state index is 0.0480. The highest BCUT2D eigenvalue weighted by Crippen LogP contribution is 2.38. The lowest BCUT2D eigenvalue weighted by molar-refractivity contribution is -0.130. The zero-order valence-electron chi connectivity index (χ0n) is 14.7. The largest absolute Gasteiger partial charge is 0.493 e. The molecule has 1 atom stereocenters. The van der Waals surface area contributed by atoms with Crippen molar-refractivity contribution in [2.45, 2.75) is 25.3 Å². The molecule has 1 aromatic heterocycles. The second-order valence-electron chi connectivity index (χ2n) is 6.09. The van der Waals surface area contributed by atoms with Gasteiger partial charge in [-0.3, -0.25) is 4.79 Å². The average molecular weight is 381 g/mol. The van der Waals surface area contributed by atoms with Crippen LogP contribution in [-0.2, 0) is 11.2 Å². The third kappa shape index (κ3) is 3.91. The number of methoxy groups -OCH3 is 2. The van der Waals surface area contributed by atoms with Crippen LogP contribution in [0.3, 0.4) is 0 Å². The Morgan fingerprint density at radius 1 is 1.42 bits per heavy atom. The van der Waals surface area contributed by atoms with E-state index in [0.29, 0.717) is 59.7 Å². The molecular formula is C17H21ClN4O4. The molecule has 2 N–H and O–H groups in total. The van der Waals surface area contributed by atoms with Gasteiger partial charge in [0.15, 0.2) is 11.5 Å². The SMILES string of the molecule is COc1cc(-c2noc(CCC(=O)N3CCC(N)C3)n2)cc(Cl)c1OC. The van der Waals surface area contributed by atoms with E-state index in [1.54, 1.807) is 17.0 Å². The number of halogens is 1. The van der Waals surface area contributed by atoms with Gasteiger partial charge in [0.2, 0.25) is 17.6 Å². The highest BCUT2D eigenvalue weighted by molar-refractivity contribution is 6.32. The molecule has 2 aromatic rings. The van der Waals surface area contributed by atoms with Gasteiger partial charge in [-0.25, -0.2) is 0 Å². The number of aryl methyl sites for hydroxylation is 1. The predicted molar refractivity (Wildman–Crippen MR) is 95.3 cm³/mol. The third-order valence-corrected chi connectivity index (χ3v) is 4.57. The molecule has 8 nitrogen and oxygen atoms in total. The first-order valence-corrected chi connectivity index (χ1v) is 8.67. The van der Waals surface area contributed by atoms with E-state index in [-0.39, 0.29) is 11.9 Å². The van der Waals surface area contributed by atoms with Gasteiger partial charge >= 0.3 is 0 Å². The van der Waals surface area contributed by atoms with Crippen LogP contribution in [0.4, 0.5) is 0 Å². The van der Waals surface area contributed by atoms with Crippen molar-refractivity contribution in [3.63, 3.8) is 0 Å². The first kappa shape index (κ1) is 18.5. The number of hydrogen-bond donors (Lipinski definition) is 1. The number of amides is 1. The van der Waals surface area contributed by atoms with Crippen LogP contribution < -0.4 is 15.2 Å². The van der Waals surface area contributed by atoms with E-state index in [9.17, 15) is 4.79 Å². The Morgan fingerprint density at radius 2 is 2.23 bits per heavy atom. The Bertz CT molecular complexity index is 795. The van der Waals surface area contributed by atoms with Gasteiger partial charge in [-0.15, -0.1) is 0 Å². The summed E-state index contributed by atoms with van der Waals surface area (Å²) in [5.74, 6) is 1.73. The Morgan fingerprint density at radius 3 is 2.88 bits per heavy atom. The van der Waals surface area contributed by atoms with Gasteiger partial charge in [0, 0.05) is 37.5 Å². The van der Waals surface area contributed by atoms with Crippen molar-refractivity contribution >= 4 is 17.5 Å². The summed E-state index contributed by atoms with van der Waals surface area (Å²) in [6, 6.07) is 3.47. The van der Waals surface area contributed by atoms with E-state index < -0.39 is 0 Å². The van der Waals surface area contributed by atoms with Gasteiger partial charge in [-0.05, 0) is 18.6 Å². The van der Waals surface area contributed by atoms with E-state index >= 15 is 0 Å². The lowest BCUT2D eigenvalue weighted by atomic mass is 10.2. The molecule has 0 bridgehead atoms. The number of ether oxygens (including phenoxy) is 2. The molecule has 1 amide bonds. The van der Waals surface area contributed by atoms with Crippen molar-refractivity contribution in [3.8, 4) is 22.9 Å². The lowest BCUT2D eigenvalue weighted by Crippen LogP contribution is -2.31. The standard InChI is InChI=1S/C17H21ClN4O4/c1-24-13-8-10(7-12(18)16(13)25-2)17-20-14(26-21-17)3-4-15(23)22-6-5-11(19)9-22/h7-8,11H,3-6,9,19H2,1-2H3. The molecule has 3 rings (SSSR count). The van der Waals surface area contributed by atoms with E-state index in [1.807, 2.05) is 0 Å². The minimum Gasteiger partial charge on any atom is -0.493 e. The van der Waals surface area contributed by atoms with Crippen molar-refractivity contribution in [1.29, 1.82) is 0 Å². The summed E-state index contributed by atoms with van der Waals surface area (Å²) in [5, 5.41) is 4.34. The summed E-state index contributed by atoms with van der Waals surface area (Å²) in [4.78, 5) is 18.3. The predicted octanol–water partition coefficient (Wildman–Crippen LogP) is 1.90. The van der Waals surface area contributed by atoms with Crippen LogP contribution in [0, 0.1) is 0 Å². The number of benzene rings is 1. The zero-order chi connectivity index (χ0) is 18.7. The monoisotopic (exact) mass is 380 g/mol. The van der Waals surface area contributed by atoms with Gasteiger partial charge in [0.25, 0.3) is 0 Å². The van der Waals surface area contributed by atoms with Crippen molar-refractivity contribution in [1.82, 2.24) is 15.0 Å². The molecule has 26 heavy (non-hydrogen) atoms. The molecular weight excluding hydrogens is 360 g/mol. The lowest BCUT2D eigenvalue weighted by Gasteiger charge is -2.14. The summed E-state index contributed by atoms with van der Waals surface area (Å²) >= 11 is 6.21.